The van der Waals surface area contributed by atoms with Crippen molar-refractivity contribution >= 4 is 15.9 Å². The van der Waals surface area contributed by atoms with Crippen LogP contribution >= 0.6 is 15.9 Å². The van der Waals surface area contributed by atoms with Gasteiger partial charge in [-0.2, -0.15) is 0 Å². The van der Waals surface area contributed by atoms with Gasteiger partial charge in [0.1, 0.15) is 11.4 Å². The molecule has 0 amide bonds. The predicted molar refractivity (Wildman–Crippen MR) is 114 cm³/mol. The zero-order chi connectivity index (χ0) is 19.9. The Kier molecular flexibility index (Phi) is 5.53. The average Bonchev–Trinajstić information content (AvgIpc) is 2.66. The lowest BCUT2D eigenvalue weighted by atomic mass is 9.81. The number of β-amino-alcohol motifs (C(OH)–C–C–N with tert-alkyl or cyclic N) is 1. The molecule has 4 nitrogen and oxygen atoms in total. The van der Waals surface area contributed by atoms with Crippen LogP contribution < -0.4 is 4.74 Å². The van der Waals surface area contributed by atoms with Gasteiger partial charge < -0.3 is 19.8 Å². The Morgan fingerprint density at radius 3 is 2.46 bits per heavy atom. The number of aliphatic hydroxyl groups excluding tert-OH is 2. The first-order valence-electron chi connectivity index (χ1n) is 9.99. The molecule has 2 aromatic rings. The molecule has 1 saturated heterocycles. The Labute approximate surface area is 175 Å². The second-order valence-electron chi connectivity index (χ2n) is 8.35. The van der Waals surface area contributed by atoms with Gasteiger partial charge in [0.15, 0.2) is 0 Å². The van der Waals surface area contributed by atoms with Gasteiger partial charge in [-0.05, 0) is 67.6 Å². The molecular formula is C23H28BrNO3. The summed E-state index contributed by atoms with van der Waals surface area (Å²) in [5.41, 5.74) is 3.94. The standard InChI is InChI=1S/C23H28BrNO3/c1-15-11-19-20(26)13-23(28-22(19)12-16(15)2)7-9-25(10-8-23)14-21(27)17-3-5-18(24)6-4-17/h3-6,11-12,20-21,26-27H,7-10,13-14H2,1-2H3/t20-,21-/m1/s1. The van der Waals surface area contributed by atoms with Gasteiger partial charge >= 0.3 is 0 Å². The second-order valence-corrected chi connectivity index (χ2v) is 9.26. The van der Waals surface area contributed by atoms with Gasteiger partial charge in [-0.3, -0.25) is 0 Å². The number of aliphatic hydroxyl groups is 2. The number of fused-ring (bicyclic) bond motifs is 1. The number of hydrogen-bond donors (Lipinski definition) is 2. The lowest BCUT2D eigenvalue weighted by molar-refractivity contribution is -0.0588. The van der Waals surface area contributed by atoms with E-state index in [1.165, 1.54) is 11.1 Å². The molecule has 2 heterocycles. The SMILES string of the molecule is Cc1cc2c(cc1C)[C@H](O)CC1(CCN(C[C@@H](O)c3ccc(Br)cc3)CC1)O2. The maximum Gasteiger partial charge on any atom is 0.126 e. The quantitative estimate of drug-likeness (QED) is 0.732. The highest BCUT2D eigenvalue weighted by Gasteiger charge is 2.43. The van der Waals surface area contributed by atoms with Crippen molar-refractivity contribution in [3.63, 3.8) is 0 Å². The summed E-state index contributed by atoms with van der Waals surface area (Å²) in [5, 5.41) is 21.3. The molecule has 0 bridgehead atoms. The number of ether oxygens (including phenoxy) is 1. The van der Waals surface area contributed by atoms with Crippen molar-refractivity contribution in [3.8, 4) is 5.75 Å². The summed E-state index contributed by atoms with van der Waals surface area (Å²) in [7, 11) is 0. The number of aryl methyl sites for hydroxylation is 2. The molecule has 2 aliphatic heterocycles. The van der Waals surface area contributed by atoms with Crippen molar-refractivity contribution in [3.05, 3.63) is 63.1 Å². The smallest absolute Gasteiger partial charge is 0.126 e. The van der Waals surface area contributed by atoms with Crippen LogP contribution in [-0.2, 0) is 0 Å². The van der Waals surface area contributed by atoms with Crippen molar-refractivity contribution < 1.29 is 14.9 Å². The molecule has 28 heavy (non-hydrogen) atoms. The largest absolute Gasteiger partial charge is 0.487 e. The Bertz CT molecular complexity index is 844. The summed E-state index contributed by atoms with van der Waals surface area (Å²) in [6.07, 6.45) is 1.41. The zero-order valence-electron chi connectivity index (χ0n) is 16.5. The van der Waals surface area contributed by atoms with Gasteiger partial charge in [-0.15, -0.1) is 0 Å². The van der Waals surface area contributed by atoms with Crippen LogP contribution in [0.15, 0.2) is 40.9 Å². The van der Waals surface area contributed by atoms with Crippen molar-refractivity contribution in [1.82, 2.24) is 4.90 Å². The molecule has 2 aliphatic rings. The first-order chi connectivity index (χ1) is 13.3. The summed E-state index contributed by atoms with van der Waals surface area (Å²) in [6, 6.07) is 12.0. The van der Waals surface area contributed by atoms with Crippen molar-refractivity contribution in [2.45, 2.75) is 50.9 Å². The normalized spacial score (nSPS) is 22.5. The molecule has 0 unspecified atom stereocenters. The van der Waals surface area contributed by atoms with Crippen LogP contribution in [-0.4, -0.2) is 40.3 Å². The van der Waals surface area contributed by atoms with Crippen LogP contribution in [0.3, 0.4) is 0 Å². The zero-order valence-corrected chi connectivity index (χ0v) is 18.1. The minimum atomic E-state index is -0.494. The van der Waals surface area contributed by atoms with Gasteiger partial charge in [0.2, 0.25) is 0 Å². The molecule has 1 spiro atoms. The van der Waals surface area contributed by atoms with Crippen molar-refractivity contribution in [2.75, 3.05) is 19.6 Å². The highest BCUT2D eigenvalue weighted by atomic mass is 79.9. The Balaban J connectivity index is 1.41. The van der Waals surface area contributed by atoms with E-state index in [0.717, 1.165) is 47.3 Å². The molecule has 4 rings (SSSR count). The molecule has 5 heteroatoms. The van der Waals surface area contributed by atoms with Gasteiger partial charge in [-0.25, -0.2) is 0 Å². The molecule has 2 N–H and O–H groups in total. The van der Waals surface area contributed by atoms with Gasteiger partial charge in [0, 0.05) is 36.1 Å². The highest BCUT2D eigenvalue weighted by Crippen LogP contribution is 2.45. The van der Waals surface area contributed by atoms with Crippen LogP contribution in [0.5, 0.6) is 5.75 Å². The number of rotatable bonds is 3. The monoisotopic (exact) mass is 445 g/mol. The molecule has 0 aliphatic carbocycles. The molecule has 0 radical (unpaired) electrons. The number of halogens is 1. The maximum atomic E-state index is 10.7. The minimum Gasteiger partial charge on any atom is -0.487 e. The van der Waals surface area contributed by atoms with Crippen LogP contribution in [0.1, 0.15) is 53.7 Å². The first kappa shape index (κ1) is 19.9. The number of piperidine rings is 1. The lowest BCUT2D eigenvalue weighted by Crippen LogP contribution is -2.51. The predicted octanol–water partition coefficient (Wildman–Crippen LogP) is 4.45. The maximum absolute atomic E-state index is 10.7. The van der Waals surface area contributed by atoms with E-state index in [1.54, 1.807) is 0 Å². The van der Waals surface area contributed by atoms with E-state index in [2.05, 4.69) is 46.8 Å². The average molecular weight is 446 g/mol. The summed E-state index contributed by atoms with van der Waals surface area (Å²) in [6.45, 7) is 6.50. The summed E-state index contributed by atoms with van der Waals surface area (Å²) in [4.78, 5) is 2.30. The fraction of sp³-hybridized carbons (Fsp3) is 0.478. The van der Waals surface area contributed by atoms with Crippen LogP contribution in [0, 0.1) is 13.8 Å². The van der Waals surface area contributed by atoms with Gasteiger partial charge in [0.25, 0.3) is 0 Å². The number of nitrogens with zero attached hydrogens (tertiary/aromatic N) is 1. The summed E-state index contributed by atoms with van der Waals surface area (Å²) in [5.74, 6) is 0.838. The van der Waals surface area contributed by atoms with E-state index in [-0.39, 0.29) is 5.60 Å². The molecular weight excluding hydrogens is 418 g/mol. The number of likely N-dealkylation sites (tertiary alicyclic amines) is 1. The minimum absolute atomic E-state index is 0.298. The van der Waals surface area contributed by atoms with Crippen molar-refractivity contribution in [1.29, 1.82) is 0 Å². The summed E-state index contributed by atoms with van der Waals surface area (Å²) >= 11 is 3.43. The van der Waals surface area contributed by atoms with E-state index in [1.807, 2.05) is 24.3 Å². The molecule has 1 fully saturated rings. The Morgan fingerprint density at radius 2 is 1.79 bits per heavy atom. The topological polar surface area (TPSA) is 52.9 Å². The molecule has 0 aromatic heterocycles. The summed E-state index contributed by atoms with van der Waals surface area (Å²) < 4.78 is 7.48. The molecule has 0 saturated carbocycles. The molecule has 2 atom stereocenters. The number of hydrogen-bond acceptors (Lipinski definition) is 4. The van der Waals surface area contributed by atoms with E-state index >= 15 is 0 Å². The number of benzene rings is 2. The second kappa shape index (κ2) is 7.79. The third-order valence-corrected chi connectivity index (χ3v) is 6.86. The van der Waals surface area contributed by atoms with E-state index in [0.29, 0.717) is 13.0 Å². The third-order valence-electron chi connectivity index (χ3n) is 6.33. The van der Waals surface area contributed by atoms with E-state index < -0.39 is 12.2 Å². The Morgan fingerprint density at radius 1 is 1.14 bits per heavy atom. The first-order valence-corrected chi connectivity index (χ1v) is 10.8. The lowest BCUT2D eigenvalue weighted by Gasteiger charge is -2.46. The molecule has 2 aromatic carbocycles. The third kappa shape index (κ3) is 3.99. The van der Waals surface area contributed by atoms with Gasteiger partial charge in [-0.1, -0.05) is 28.1 Å². The highest BCUT2D eigenvalue weighted by molar-refractivity contribution is 9.10. The fourth-order valence-corrected chi connectivity index (χ4v) is 4.65. The van der Waals surface area contributed by atoms with E-state index in [4.69, 9.17) is 4.74 Å². The van der Waals surface area contributed by atoms with Crippen molar-refractivity contribution in [2.24, 2.45) is 0 Å². The van der Waals surface area contributed by atoms with Crippen LogP contribution in [0.25, 0.3) is 0 Å². The molecule has 150 valence electrons. The Hall–Kier alpha value is -1.40. The van der Waals surface area contributed by atoms with Gasteiger partial charge in [0.05, 0.1) is 12.2 Å². The van der Waals surface area contributed by atoms with Crippen LogP contribution in [0.2, 0.25) is 0 Å². The van der Waals surface area contributed by atoms with Crippen LogP contribution in [0.4, 0.5) is 0 Å². The fourth-order valence-electron chi connectivity index (χ4n) is 4.38. The van der Waals surface area contributed by atoms with E-state index in [9.17, 15) is 10.2 Å².